The van der Waals surface area contributed by atoms with Gasteiger partial charge in [0.05, 0.1) is 0 Å². The quantitative estimate of drug-likeness (QED) is 0.604. The summed E-state index contributed by atoms with van der Waals surface area (Å²) >= 11 is 0. The Morgan fingerprint density at radius 3 is 2.75 bits per heavy atom. The molecule has 1 aliphatic rings. The first kappa shape index (κ1) is 9.52. The molecule has 0 saturated carbocycles. The van der Waals surface area contributed by atoms with E-state index in [0.717, 1.165) is 6.54 Å². The SMILES string of the molecule is CC(=O)N(C)C[C@@H]1CCCN1C. The van der Waals surface area contributed by atoms with Gasteiger partial charge in [0.25, 0.3) is 0 Å². The molecule has 0 unspecified atom stereocenters. The number of likely N-dealkylation sites (N-methyl/N-ethyl adjacent to an activating group) is 2. The highest BCUT2D eigenvalue weighted by molar-refractivity contribution is 5.72. The first-order valence-corrected chi connectivity index (χ1v) is 4.53. The van der Waals surface area contributed by atoms with Crippen LogP contribution in [-0.4, -0.2) is 48.9 Å². The van der Waals surface area contributed by atoms with Crippen LogP contribution in [0.2, 0.25) is 0 Å². The fourth-order valence-corrected chi connectivity index (χ4v) is 1.65. The van der Waals surface area contributed by atoms with E-state index in [-0.39, 0.29) is 5.91 Å². The molecule has 1 saturated heterocycles. The Kier molecular flexibility index (Phi) is 3.09. The molecule has 1 heterocycles. The first-order valence-electron chi connectivity index (χ1n) is 4.53. The lowest BCUT2D eigenvalue weighted by molar-refractivity contribution is -0.128. The van der Waals surface area contributed by atoms with Gasteiger partial charge in [-0.05, 0) is 26.4 Å². The minimum atomic E-state index is 0.162. The van der Waals surface area contributed by atoms with Gasteiger partial charge in [-0.15, -0.1) is 0 Å². The Morgan fingerprint density at radius 2 is 2.33 bits per heavy atom. The van der Waals surface area contributed by atoms with Crippen molar-refractivity contribution in [2.24, 2.45) is 0 Å². The fourth-order valence-electron chi connectivity index (χ4n) is 1.65. The lowest BCUT2D eigenvalue weighted by atomic mass is 10.2. The lowest BCUT2D eigenvalue weighted by Crippen LogP contribution is -2.38. The van der Waals surface area contributed by atoms with Gasteiger partial charge in [-0.25, -0.2) is 0 Å². The second-order valence-corrected chi connectivity index (χ2v) is 3.68. The summed E-state index contributed by atoms with van der Waals surface area (Å²) in [5, 5.41) is 0. The highest BCUT2D eigenvalue weighted by atomic mass is 16.2. The highest BCUT2D eigenvalue weighted by Crippen LogP contribution is 2.15. The zero-order chi connectivity index (χ0) is 9.14. The molecule has 0 radical (unpaired) electrons. The first-order chi connectivity index (χ1) is 5.61. The van der Waals surface area contributed by atoms with E-state index in [4.69, 9.17) is 0 Å². The van der Waals surface area contributed by atoms with Crippen molar-refractivity contribution < 1.29 is 4.79 Å². The van der Waals surface area contributed by atoms with Crippen molar-refractivity contribution >= 4 is 5.91 Å². The summed E-state index contributed by atoms with van der Waals surface area (Å²) in [5.74, 6) is 0.162. The van der Waals surface area contributed by atoms with Gasteiger partial charge in [0.15, 0.2) is 0 Å². The third-order valence-electron chi connectivity index (χ3n) is 2.69. The van der Waals surface area contributed by atoms with Gasteiger partial charge in [0.1, 0.15) is 0 Å². The van der Waals surface area contributed by atoms with Crippen LogP contribution >= 0.6 is 0 Å². The van der Waals surface area contributed by atoms with E-state index < -0.39 is 0 Å². The van der Waals surface area contributed by atoms with Gasteiger partial charge in [0.2, 0.25) is 5.91 Å². The normalized spacial score (nSPS) is 24.4. The number of nitrogens with zero attached hydrogens (tertiary/aromatic N) is 2. The second kappa shape index (κ2) is 3.90. The molecule has 12 heavy (non-hydrogen) atoms. The molecule has 0 aromatic carbocycles. The third kappa shape index (κ3) is 2.21. The zero-order valence-electron chi connectivity index (χ0n) is 8.21. The number of amides is 1. The van der Waals surface area contributed by atoms with E-state index in [1.165, 1.54) is 19.4 Å². The molecule has 0 aromatic rings. The zero-order valence-corrected chi connectivity index (χ0v) is 8.21. The number of hydrogen-bond donors (Lipinski definition) is 0. The number of rotatable bonds is 2. The molecule has 1 rings (SSSR count). The van der Waals surface area contributed by atoms with Crippen molar-refractivity contribution in [2.45, 2.75) is 25.8 Å². The molecular formula is C9H18N2O. The molecule has 0 spiro atoms. The molecule has 1 amide bonds. The number of likely N-dealkylation sites (tertiary alicyclic amines) is 1. The summed E-state index contributed by atoms with van der Waals surface area (Å²) < 4.78 is 0. The minimum absolute atomic E-state index is 0.162. The topological polar surface area (TPSA) is 23.6 Å². The molecule has 1 aliphatic heterocycles. The third-order valence-corrected chi connectivity index (χ3v) is 2.69. The largest absolute Gasteiger partial charge is 0.344 e. The monoisotopic (exact) mass is 170 g/mol. The van der Waals surface area contributed by atoms with Crippen LogP contribution < -0.4 is 0 Å². The van der Waals surface area contributed by atoms with Gasteiger partial charge >= 0.3 is 0 Å². The molecule has 1 atom stereocenters. The minimum Gasteiger partial charge on any atom is -0.344 e. The molecule has 3 nitrogen and oxygen atoms in total. The van der Waals surface area contributed by atoms with Gasteiger partial charge in [-0.3, -0.25) is 4.79 Å². The summed E-state index contributed by atoms with van der Waals surface area (Å²) in [6.45, 7) is 3.68. The van der Waals surface area contributed by atoms with Crippen LogP contribution in [-0.2, 0) is 4.79 Å². The molecule has 1 fully saturated rings. The maximum absolute atomic E-state index is 10.9. The fraction of sp³-hybridized carbons (Fsp3) is 0.889. The molecule has 70 valence electrons. The standard InChI is InChI=1S/C9H18N2O/c1-8(12)11(3)7-9-5-4-6-10(9)2/h9H,4-7H2,1-3H3/t9-/m0/s1. The average Bonchev–Trinajstić information content (AvgIpc) is 2.36. The van der Waals surface area contributed by atoms with Crippen LogP contribution in [0.3, 0.4) is 0 Å². The summed E-state index contributed by atoms with van der Waals surface area (Å²) in [6, 6.07) is 0.582. The van der Waals surface area contributed by atoms with Crippen LogP contribution in [0.5, 0.6) is 0 Å². The van der Waals surface area contributed by atoms with Crippen molar-refractivity contribution in [2.75, 3.05) is 27.2 Å². The maximum atomic E-state index is 10.9. The van der Waals surface area contributed by atoms with Gasteiger partial charge in [0, 0.05) is 26.6 Å². The molecule has 0 N–H and O–H groups in total. The van der Waals surface area contributed by atoms with E-state index in [1.807, 2.05) is 7.05 Å². The van der Waals surface area contributed by atoms with Crippen LogP contribution in [0.25, 0.3) is 0 Å². The van der Waals surface area contributed by atoms with E-state index in [0.29, 0.717) is 6.04 Å². The Balaban J connectivity index is 2.35. The number of hydrogen-bond acceptors (Lipinski definition) is 2. The molecular weight excluding hydrogens is 152 g/mol. The maximum Gasteiger partial charge on any atom is 0.219 e. The van der Waals surface area contributed by atoms with Crippen LogP contribution in [0.1, 0.15) is 19.8 Å². The van der Waals surface area contributed by atoms with E-state index >= 15 is 0 Å². The van der Waals surface area contributed by atoms with Gasteiger partial charge in [-0.1, -0.05) is 0 Å². The average molecular weight is 170 g/mol. The predicted octanol–water partition coefficient (Wildman–Crippen LogP) is 0.559. The Morgan fingerprint density at radius 1 is 1.67 bits per heavy atom. The summed E-state index contributed by atoms with van der Waals surface area (Å²) in [7, 11) is 4.00. The van der Waals surface area contributed by atoms with E-state index in [2.05, 4.69) is 11.9 Å². The van der Waals surface area contributed by atoms with Crippen molar-refractivity contribution in [3.05, 3.63) is 0 Å². The van der Waals surface area contributed by atoms with Crippen molar-refractivity contribution in [3.63, 3.8) is 0 Å². The molecule has 0 aromatic heterocycles. The Labute approximate surface area is 74.3 Å². The molecule has 0 bridgehead atoms. The van der Waals surface area contributed by atoms with E-state index in [1.54, 1.807) is 11.8 Å². The van der Waals surface area contributed by atoms with Crippen LogP contribution in [0.15, 0.2) is 0 Å². The summed E-state index contributed by atoms with van der Waals surface area (Å²) in [4.78, 5) is 15.1. The second-order valence-electron chi connectivity index (χ2n) is 3.68. The lowest BCUT2D eigenvalue weighted by Gasteiger charge is -2.24. The number of carbonyl (C=O) groups is 1. The van der Waals surface area contributed by atoms with E-state index in [9.17, 15) is 4.79 Å². The van der Waals surface area contributed by atoms with Crippen LogP contribution in [0.4, 0.5) is 0 Å². The van der Waals surface area contributed by atoms with Gasteiger partial charge in [-0.2, -0.15) is 0 Å². The number of carbonyl (C=O) groups excluding carboxylic acids is 1. The highest BCUT2D eigenvalue weighted by Gasteiger charge is 2.22. The van der Waals surface area contributed by atoms with Gasteiger partial charge < -0.3 is 9.80 Å². The molecule has 0 aliphatic carbocycles. The smallest absolute Gasteiger partial charge is 0.219 e. The van der Waals surface area contributed by atoms with Crippen molar-refractivity contribution in [1.29, 1.82) is 0 Å². The summed E-state index contributed by atoms with van der Waals surface area (Å²) in [6.07, 6.45) is 2.50. The van der Waals surface area contributed by atoms with Crippen molar-refractivity contribution in [1.82, 2.24) is 9.80 Å². The predicted molar refractivity (Wildman–Crippen MR) is 49.0 cm³/mol. The Bertz CT molecular complexity index is 170. The van der Waals surface area contributed by atoms with Crippen molar-refractivity contribution in [3.8, 4) is 0 Å². The summed E-state index contributed by atoms with van der Waals surface area (Å²) in [5.41, 5.74) is 0. The Hall–Kier alpha value is -0.570. The van der Waals surface area contributed by atoms with Crippen LogP contribution in [0, 0.1) is 0 Å². The molecule has 3 heteroatoms.